The first-order chi connectivity index (χ1) is 16.7. The molecule has 34 heavy (non-hydrogen) atoms. The van der Waals surface area contributed by atoms with Crippen molar-refractivity contribution < 1.29 is 9.47 Å². The van der Waals surface area contributed by atoms with Crippen LogP contribution in [-0.2, 0) is 0 Å². The van der Waals surface area contributed by atoms with Crippen molar-refractivity contribution in [3.63, 3.8) is 0 Å². The molecule has 0 unspecified atom stereocenters. The Hall–Kier alpha value is 0.280. The molecule has 0 spiro atoms. The maximum absolute atomic E-state index is 6.09. The van der Waals surface area contributed by atoms with Gasteiger partial charge in [0, 0.05) is 0 Å². The van der Waals surface area contributed by atoms with E-state index in [9.17, 15) is 0 Å². The highest BCUT2D eigenvalue weighted by molar-refractivity contribution is 14.1. The van der Waals surface area contributed by atoms with Gasteiger partial charge in [-0.05, 0) is 70.2 Å². The second-order valence-electron chi connectivity index (χ2n) is 9.77. The van der Waals surface area contributed by atoms with Crippen molar-refractivity contribution in [1.82, 2.24) is 0 Å². The molecule has 1 aromatic rings. The van der Waals surface area contributed by atoms with Gasteiger partial charge >= 0.3 is 0 Å². The van der Waals surface area contributed by atoms with Gasteiger partial charge in [-0.15, -0.1) is 0 Å². The smallest absolute Gasteiger partial charge is 0.133 e. The van der Waals surface area contributed by atoms with Crippen molar-refractivity contribution in [2.24, 2.45) is 0 Å². The molecule has 0 saturated carbocycles. The average Bonchev–Trinajstić information content (AvgIpc) is 2.83. The molecule has 0 heterocycles. The monoisotopic (exact) mass is 698 g/mol. The van der Waals surface area contributed by atoms with Gasteiger partial charge in [0.05, 0.1) is 20.4 Å². The molecule has 1 rings (SSSR count). The van der Waals surface area contributed by atoms with Crippen LogP contribution in [0.3, 0.4) is 0 Å². The molecule has 198 valence electrons. The summed E-state index contributed by atoms with van der Waals surface area (Å²) in [6.07, 6.45) is 27.1. The van der Waals surface area contributed by atoms with E-state index in [1.54, 1.807) is 0 Å². The van der Waals surface area contributed by atoms with Gasteiger partial charge in [-0.3, -0.25) is 0 Å². The van der Waals surface area contributed by atoms with Crippen molar-refractivity contribution in [2.75, 3.05) is 13.2 Å². The van der Waals surface area contributed by atoms with Crippen LogP contribution in [0.25, 0.3) is 0 Å². The van der Waals surface area contributed by atoms with Crippen molar-refractivity contribution in [2.45, 2.75) is 142 Å². The van der Waals surface area contributed by atoms with Gasteiger partial charge in [0.2, 0.25) is 0 Å². The summed E-state index contributed by atoms with van der Waals surface area (Å²) in [5, 5.41) is 0. The summed E-state index contributed by atoms with van der Waals surface area (Å²) in [7, 11) is 0. The number of benzene rings is 1. The molecule has 0 amide bonds. The lowest BCUT2D eigenvalue weighted by Crippen LogP contribution is -2.02. The van der Waals surface area contributed by atoms with Crippen molar-refractivity contribution in [3.05, 3.63) is 19.3 Å². The van der Waals surface area contributed by atoms with E-state index >= 15 is 0 Å². The Morgan fingerprint density at radius 1 is 0.441 bits per heavy atom. The Kier molecular flexibility index (Phi) is 22.5. The molecule has 0 bridgehead atoms. The summed E-state index contributed by atoms with van der Waals surface area (Å²) in [5.41, 5.74) is 0. The third-order valence-corrected chi connectivity index (χ3v) is 8.18. The van der Waals surface area contributed by atoms with Gasteiger partial charge in [-0.25, -0.2) is 0 Å². The number of hydrogen-bond donors (Lipinski definition) is 0. The zero-order valence-electron chi connectivity index (χ0n) is 22.3. The lowest BCUT2D eigenvalue weighted by Gasteiger charge is -2.13. The van der Waals surface area contributed by atoms with Crippen LogP contribution in [-0.4, -0.2) is 13.2 Å². The predicted molar refractivity (Wildman–Crippen MR) is 167 cm³/mol. The fourth-order valence-electron chi connectivity index (χ4n) is 4.27. The van der Waals surface area contributed by atoms with Crippen LogP contribution in [0, 0.1) is 7.14 Å². The molecule has 0 aromatic heterocycles. The molecular weight excluding hydrogens is 646 g/mol. The standard InChI is InChI=1S/C30H52I2O2/c1-3-5-7-9-11-13-15-17-19-21-23-33-29-25-28(32)30(26-27(29)31)34-24-22-20-18-16-14-12-10-8-6-4-2/h25-26H,3-24H2,1-2H3. The van der Waals surface area contributed by atoms with E-state index in [1.807, 2.05) is 0 Å². The topological polar surface area (TPSA) is 18.5 Å². The molecule has 0 N–H and O–H groups in total. The van der Waals surface area contributed by atoms with Gasteiger partial charge in [0.1, 0.15) is 11.5 Å². The minimum Gasteiger partial charge on any atom is -0.492 e. The van der Waals surface area contributed by atoms with Gasteiger partial charge in [-0.1, -0.05) is 129 Å². The second kappa shape index (κ2) is 23.7. The number of ether oxygens (including phenoxy) is 2. The maximum atomic E-state index is 6.09. The number of unbranched alkanes of at least 4 members (excludes halogenated alkanes) is 18. The van der Waals surface area contributed by atoms with E-state index in [0.29, 0.717) is 0 Å². The quantitative estimate of drug-likeness (QED) is 0.0791. The summed E-state index contributed by atoms with van der Waals surface area (Å²) in [6.45, 7) is 6.21. The molecule has 0 aliphatic carbocycles. The summed E-state index contributed by atoms with van der Waals surface area (Å²) in [5.74, 6) is 2.01. The molecule has 0 aliphatic rings. The van der Waals surface area contributed by atoms with E-state index in [1.165, 1.54) is 116 Å². The fraction of sp³-hybridized carbons (Fsp3) is 0.800. The minimum absolute atomic E-state index is 0.821. The molecule has 0 saturated heterocycles. The number of halogens is 2. The first kappa shape index (κ1) is 32.3. The van der Waals surface area contributed by atoms with Gasteiger partial charge in [-0.2, -0.15) is 0 Å². The fourth-order valence-corrected chi connectivity index (χ4v) is 5.46. The lowest BCUT2D eigenvalue weighted by molar-refractivity contribution is 0.293. The van der Waals surface area contributed by atoms with Crippen LogP contribution in [0.1, 0.15) is 142 Å². The second-order valence-corrected chi connectivity index (χ2v) is 12.1. The Bertz CT molecular complexity index is 540. The van der Waals surface area contributed by atoms with Gasteiger partial charge in [0.25, 0.3) is 0 Å². The van der Waals surface area contributed by atoms with Crippen molar-refractivity contribution in [1.29, 1.82) is 0 Å². The van der Waals surface area contributed by atoms with Crippen LogP contribution < -0.4 is 9.47 Å². The Balaban J connectivity index is 2.07. The number of rotatable bonds is 24. The minimum atomic E-state index is 0.821. The summed E-state index contributed by atoms with van der Waals surface area (Å²) in [6, 6.07) is 4.29. The third-order valence-electron chi connectivity index (χ3n) is 6.50. The highest BCUT2D eigenvalue weighted by atomic mass is 127. The number of hydrogen-bond acceptors (Lipinski definition) is 2. The van der Waals surface area contributed by atoms with Crippen molar-refractivity contribution >= 4 is 45.2 Å². The molecule has 1 aromatic carbocycles. The van der Waals surface area contributed by atoms with E-state index in [4.69, 9.17) is 9.47 Å². The van der Waals surface area contributed by atoms with Crippen LogP contribution in [0.2, 0.25) is 0 Å². The molecule has 0 aliphatic heterocycles. The molecule has 4 heteroatoms. The zero-order valence-corrected chi connectivity index (χ0v) is 26.6. The summed E-state index contributed by atoms with van der Waals surface area (Å²) < 4.78 is 14.5. The Morgan fingerprint density at radius 2 is 0.706 bits per heavy atom. The average molecular weight is 699 g/mol. The van der Waals surface area contributed by atoms with Crippen LogP contribution in [0.5, 0.6) is 11.5 Å². The Labute approximate surface area is 239 Å². The van der Waals surface area contributed by atoms with Gasteiger partial charge < -0.3 is 9.47 Å². The van der Waals surface area contributed by atoms with Crippen LogP contribution in [0.4, 0.5) is 0 Å². The summed E-state index contributed by atoms with van der Waals surface area (Å²) in [4.78, 5) is 0. The Morgan fingerprint density at radius 3 is 1.00 bits per heavy atom. The molecular formula is C30H52I2O2. The summed E-state index contributed by atoms with van der Waals surface area (Å²) >= 11 is 4.77. The first-order valence-electron chi connectivity index (χ1n) is 14.4. The zero-order chi connectivity index (χ0) is 24.7. The highest BCUT2D eigenvalue weighted by Crippen LogP contribution is 2.31. The largest absolute Gasteiger partial charge is 0.492 e. The predicted octanol–water partition coefficient (Wildman–Crippen LogP) is 11.5. The molecule has 0 fully saturated rings. The first-order valence-corrected chi connectivity index (χ1v) is 16.6. The van der Waals surface area contributed by atoms with E-state index in [0.717, 1.165) is 44.7 Å². The molecule has 0 atom stereocenters. The SMILES string of the molecule is CCCCCCCCCCCCOc1cc(I)c(OCCCCCCCCCCCC)cc1I. The lowest BCUT2D eigenvalue weighted by atomic mass is 10.1. The highest BCUT2D eigenvalue weighted by Gasteiger charge is 2.09. The van der Waals surface area contributed by atoms with E-state index in [2.05, 4.69) is 71.2 Å². The van der Waals surface area contributed by atoms with E-state index < -0.39 is 0 Å². The van der Waals surface area contributed by atoms with Crippen LogP contribution in [0.15, 0.2) is 12.1 Å². The van der Waals surface area contributed by atoms with Crippen LogP contribution >= 0.6 is 45.2 Å². The van der Waals surface area contributed by atoms with Gasteiger partial charge in [0.15, 0.2) is 0 Å². The third kappa shape index (κ3) is 17.7. The normalized spacial score (nSPS) is 11.2. The maximum Gasteiger partial charge on any atom is 0.133 e. The molecule has 2 nitrogen and oxygen atoms in total. The van der Waals surface area contributed by atoms with E-state index in [-0.39, 0.29) is 0 Å². The molecule has 0 radical (unpaired) electrons. The van der Waals surface area contributed by atoms with Crippen molar-refractivity contribution in [3.8, 4) is 11.5 Å².